The molecule has 1 aliphatic carbocycles. The van der Waals surface area contributed by atoms with Crippen molar-refractivity contribution in [1.82, 2.24) is 15.0 Å². The molecule has 2 fully saturated rings. The van der Waals surface area contributed by atoms with E-state index in [1.165, 1.54) is 19.3 Å². The number of nitrogens with zero attached hydrogens (tertiary/aromatic N) is 3. The second-order valence-corrected chi connectivity index (χ2v) is 6.93. The predicted octanol–water partition coefficient (Wildman–Crippen LogP) is 3.25. The number of methoxy groups -OCH3 is 1. The Labute approximate surface area is 147 Å². The Bertz CT molecular complexity index is 746. The van der Waals surface area contributed by atoms with E-state index in [1.54, 1.807) is 7.11 Å². The van der Waals surface area contributed by atoms with Crippen LogP contribution in [-0.4, -0.2) is 41.1 Å². The molecule has 25 heavy (non-hydrogen) atoms. The average Bonchev–Trinajstić information content (AvgIpc) is 3.10. The molecule has 1 aromatic heterocycles. The van der Waals surface area contributed by atoms with Crippen LogP contribution in [0.5, 0.6) is 5.75 Å². The first-order valence-electron chi connectivity index (χ1n) is 9.02. The third-order valence-electron chi connectivity index (χ3n) is 5.29. The minimum Gasteiger partial charge on any atom is -0.496 e. The molecule has 1 amide bonds. The van der Waals surface area contributed by atoms with E-state index in [2.05, 4.69) is 10.1 Å². The third-order valence-corrected chi connectivity index (χ3v) is 5.29. The lowest BCUT2D eigenvalue weighted by atomic mass is 9.86. The number of aromatic nitrogens is 2. The highest BCUT2D eigenvalue weighted by molar-refractivity contribution is 5.80. The summed E-state index contributed by atoms with van der Waals surface area (Å²) < 4.78 is 10.8. The zero-order valence-corrected chi connectivity index (χ0v) is 14.5. The molecule has 4 rings (SSSR count). The van der Waals surface area contributed by atoms with Crippen LogP contribution in [0.2, 0.25) is 0 Å². The van der Waals surface area contributed by atoms with Crippen molar-refractivity contribution >= 4 is 5.91 Å². The molecule has 0 atom stereocenters. The summed E-state index contributed by atoms with van der Waals surface area (Å²) in [6.07, 6.45) is 5.70. The third kappa shape index (κ3) is 3.13. The summed E-state index contributed by atoms with van der Waals surface area (Å²) in [5.41, 5.74) is 0.814. The van der Waals surface area contributed by atoms with Crippen LogP contribution in [0, 0.1) is 5.92 Å². The summed E-state index contributed by atoms with van der Waals surface area (Å²) in [5.74, 6) is 2.53. The van der Waals surface area contributed by atoms with Gasteiger partial charge in [0.1, 0.15) is 5.75 Å². The molecule has 1 aromatic carbocycles. The Kier molecular flexibility index (Phi) is 4.42. The fourth-order valence-corrected chi connectivity index (χ4v) is 3.76. The summed E-state index contributed by atoms with van der Waals surface area (Å²) in [5, 5.41) is 4.09. The lowest BCUT2D eigenvalue weighted by Crippen LogP contribution is -2.51. The fraction of sp³-hybridized carbons (Fsp3) is 0.526. The smallest absolute Gasteiger partial charge is 0.233 e. The number of para-hydroxylation sites is 1. The highest BCUT2D eigenvalue weighted by atomic mass is 16.5. The van der Waals surface area contributed by atoms with E-state index in [0.29, 0.717) is 30.7 Å². The maximum Gasteiger partial charge on any atom is 0.233 e. The second-order valence-electron chi connectivity index (χ2n) is 6.93. The van der Waals surface area contributed by atoms with Crippen LogP contribution in [0.1, 0.15) is 43.9 Å². The molecule has 0 radical (unpaired) electrons. The number of carbonyl (C=O) groups excluding carboxylic acids is 1. The van der Waals surface area contributed by atoms with Crippen LogP contribution in [0.3, 0.4) is 0 Å². The normalized spacial score (nSPS) is 18.8. The zero-order valence-electron chi connectivity index (χ0n) is 14.5. The van der Waals surface area contributed by atoms with Crippen molar-refractivity contribution in [1.29, 1.82) is 0 Å². The van der Waals surface area contributed by atoms with Gasteiger partial charge in [-0.2, -0.15) is 4.98 Å². The molecule has 0 N–H and O–H groups in total. The Morgan fingerprint density at radius 2 is 1.96 bits per heavy atom. The largest absolute Gasteiger partial charge is 0.496 e. The zero-order chi connectivity index (χ0) is 17.2. The molecule has 6 nitrogen and oxygen atoms in total. The first-order chi connectivity index (χ1) is 12.3. The van der Waals surface area contributed by atoms with Gasteiger partial charge in [-0.15, -0.1) is 0 Å². The van der Waals surface area contributed by atoms with Crippen molar-refractivity contribution in [2.24, 2.45) is 5.92 Å². The van der Waals surface area contributed by atoms with Gasteiger partial charge in [0.15, 0.2) is 0 Å². The van der Waals surface area contributed by atoms with Gasteiger partial charge in [-0.3, -0.25) is 4.79 Å². The van der Waals surface area contributed by atoms with Gasteiger partial charge in [0.25, 0.3) is 0 Å². The van der Waals surface area contributed by atoms with Crippen molar-refractivity contribution < 1.29 is 14.1 Å². The summed E-state index contributed by atoms with van der Waals surface area (Å²) in [6.45, 7) is 1.37. The van der Waals surface area contributed by atoms with Crippen molar-refractivity contribution in [2.75, 3.05) is 20.2 Å². The van der Waals surface area contributed by atoms with Gasteiger partial charge in [0.05, 0.1) is 18.6 Å². The van der Waals surface area contributed by atoms with Crippen LogP contribution in [-0.2, 0) is 4.79 Å². The molecule has 2 aromatic rings. The molecule has 6 heteroatoms. The van der Waals surface area contributed by atoms with E-state index < -0.39 is 0 Å². The van der Waals surface area contributed by atoms with Crippen LogP contribution >= 0.6 is 0 Å². The summed E-state index contributed by atoms with van der Waals surface area (Å²) in [6, 6.07) is 7.61. The molecule has 1 aliphatic heterocycles. The van der Waals surface area contributed by atoms with Crippen molar-refractivity contribution in [3.8, 4) is 17.1 Å². The van der Waals surface area contributed by atoms with E-state index in [1.807, 2.05) is 29.2 Å². The number of hydrogen-bond acceptors (Lipinski definition) is 5. The van der Waals surface area contributed by atoms with E-state index in [-0.39, 0.29) is 11.8 Å². The van der Waals surface area contributed by atoms with Gasteiger partial charge in [0.2, 0.25) is 17.6 Å². The average molecular weight is 341 g/mol. The minimum absolute atomic E-state index is 0.142. The molecule has 0 bridgehead atoms. The molecule has 0 spiro atoms. The lowest BCUT2D eigenvalue weighted by Gasteiger charge is -2.39. The Morgan fingerprint density at radius 1 is 1.20 bits per heavy atom. The highest BCUT2D eigenvalue weighted by Gasteiger charge is 2.38. The van der Waals surface area contributed by atoms with Crippen LogP contribution in [0.25, 0.3) is 11.4 Å². The fourth-order valence-electron chi connectivity index (χ4n) is 3.76. The van der Waals surface area contributed by atoms with Gasteiger partial charge in [-0.1, -0.05) is 36.6 Å². The molecule has 132 valence electrons. The number of amides is 1. The van der Waals surface area contributed by atoms with E-state index >= 15 is 0 Å². The van der Waals surface area contributed by atoms with E-state index in [4.69, 9.17) is 9.26 Å². The maximum absolute atomic E-state index is 12.5. The Morgan fingerprint density at radius 3 is 2.72 bits per heavy atom. The molecule has 1 saturated heterocycles. The van der Waals surface area contributed by atoms with Crippen molar-refractivity contribution in [3.05, 3.63) is 30.2 Å². The molecular weight excluding hydrogens is 318 g/mol. The van der Waals surface area contributed by atoms with Gasteiger partial charge in [0, 0.05) is 19.0 Å². The highest BCUT2D eigenvalue weighted by Crippen LogP contribution is 2.33. The standard InChI is InChI=1S/C19H23N3O3/c1-24-16-10-6-5-9-15(16)17-20-18(25-21-17)14-11-22(12-14)19(23)13-7-3-2-4-8-13/h5-6,9-10,13-14H,2-4,7-8,11-12H2,1H3. The summed E-state index contributed by atoms with van der Waals surface area (Å²) in [4.78, 5) is 19.0. The number of ether oxygens (including phenoxy) is 1. The molecule has 2 aliphatic rings. The number of rotatable bonds is 4. The minimum atomic E-state index is 0.142. The number of carbonyl (C=O) groups is 1. The van der Waals surface area contributed by atoms with E-state index in [9.17, 15) is 4.79 Å². The van der Waals surface area contributed by atoms with Crippen LogP contribution in [0.15, 0.2) is 28.8 Å². The maximum atomic E-state index is 12.5. The quantitative estimate of drug-likeness (QED) is 0.854. The second kappa shape index (κ2) is 6.86. The summed E-state index contributed by atoms with van der Waals surface area (Å²) >= 11 is 0. The molecule has 0 unspecified atom stereocenters. The van der Waals surface area contributed by atoms with Gasteiger partial charge in [-0.25, -0.2) is 0 Å². The topological polar surface area (TPSA) is 68.5 Å². The Balaban J connectivity index is 1.40. The van der Waals surface area contributed by atoms with Crippen LogP contribution < -0.4 is 4.74 Å². The number of hydrogen-bond donors (Lipinski definition) is 0. The Hall–Kier alpha value is -2.37. The lowest BCUT2D eigenvalue weighted by molar-refractivity contribution is -0.141. The number of likely N-dealkylation sites (tertiary alicyclic amines) is 1. The van der Waals surface area contributed by atoms with E-state index in [0.717, 1.165) is 24.2 Å². The number of benzene rings is 1. The SMILES string of the molecule is COc1ccccc1-c1noc(C2CN(C(=O)C3CCCCC3)C2)n1. The first kappa shape index (κ1) is 16.1. The molecule has 1 saturated carbocycles. The monoisotopic (exact) mass is 341 g/mol. The van der Waals surface area contributed by atoms with Crippen molar-refractivity contribution in [3.63, 3.8) is 0 Å². The van der Waals surface area contributed by atoms with Gasteiger partial charge < -0.3 is 14.2 Å². The predicted molar refractivity (Wildman–Crippen MR) is 92.2 cm³/mol. The molecule has 2 heterocycles. The van der Waals surface area contributed by atoms with Gasteiger partial charge in [-0.05, 0) is 25.0 Å². The van der Waals surface area contributed by atoms with Crippen molar-refractivity contribution in [2.45, 2.75) is 38.0 Å². The van der Waals surface area contributed by atoms with Crippen LogP contribution in [0.4, 0.5) is 0 Å². The van der Waals surface area contributed by atoms with Gasteiger partial charge >= 0.3 is 0 Å². The first-order valence-corrected chi connectivity index (χ1v) is 9.02. The molecular formula is C19H23N3O3. The summed E-state index contributed by atoms with van der Waals surface area (Å²) in [7, 11) is 1.63.